The molecular weight excluding hydrogens is 180 g/mol. The number of carbonyl (C=O) groups is 1. The molecule has 14 heavy (non-hydrogen) atoms. The van der Waals surface area contributed by atoms with Gasteiger partial charge in [0.25, 0.3) is 5.91 Å². The van der Waals surface area contributed by atoms with Gasteiger partial charge in [-0.25, -0.2) is 5.84 Å². The topological polar surface area (TPSA) is 64.3 Å². The summed E-state index contributed by atoms with van der Waals surface area (Å²) in [4.78, 5) is 10.8. The highest BCUT2D eigenvalue weighted by Crippen LogP contribution is 2.30. The summed E-state index contributed by atoms with van der Waals surface area (Å²) in [5, 5.41) is 0. The third-order valence-corrected chi connectivity index (χ3v) is 3.16. The summed E-state index contributed by atoms with van der Waals surface area (Å²) in [6.07, 6.45) is 3.54. The molecule has 1 aliphatic rings. The van der Waals surface area contributed by atoms with Crippen molar-refractivity contribution in [3.05, 3.63) is 0 Å². The minimum atomic E-state index is -0.253. The Balaban J connectivity index is 2.23. The fraction of sp³-hybridized carbons (Fsp3) is 0.900. The minimum absolute atomic E-state index is 0.0856. The molecule has 0 heterocycles. The van der Waals surface area contributed by atoms with E-state index >= 15 is 0 Å². The summed E-state index contributed by atoms with van der Waals surface area (Å²) in [5.41, 5.74) is 2.06. The minimum Gasteiger partial charge on any atom is -0.368 e. The molecule has 0 aromatic rings. The molecule has 3 unspecified atom stereocenters. The fourth-order valence-electron chi connectivity index (χ4n) is 1.88. The van der Waals surface area contributed by atoms with Gasteiger partial charge in [0.15, 0.2) is 0 Å². The lowest BCUT2D eigenvalue weighted by Crippen LogP contribution is -2.36. The van der Waals surface area contributed by atoms with Crippen LogP contribution < -0.4 is 11.3 Å². The lowest BCUT2D eigenvalue weighted by Gasteiger charge is -2.31. The number of carbonyl (C=O) groups excluding carboxylic acids is 1. The van der Waals surface area contributed by atoms with Crippen LogP contribution in [0.5, 0.6) is 0 Å². The highest BCUT2D eigenvalue weighted by molar-refractivity contribution is 5.76. The largest absolute Gasteiger partial charge is 0.368 e. The van der Waals surface area contributed by atoms with Gasteiger partial charge in [-0.1, -0.05) is 13.8 Å². The predicted octanol–water partition coefficient (Wildman–Crippen LogP) is 0.818. The predicted molar refractivity (Wildman–Crippen MR) is 54.2 cm³/mol. The Kier molecular flexibility index (Phi) is 4.35. The number of amides is 1. The maximum atomic E-state index is 10.8. The summed E-state index contributed by atoms with van der Waals surface area (Å²) >= 11 is 0. The molecule has 3 N–H and O–H groups in total. The summed E-state index contributed by atoms with van der Waals surface area (Å²) in [5.74, 6) is 6.17. The third-order valence-electron chi connectivity index (χ3n) is 3.16. The first-order valence-electron chi connectivity index (χ1n) is 5.24. The highest BCUT2D eigenvalue weighted by atomic mass is 16.5. The summed E-state index contributed by atoms with van der Waals surface area (Å²) in [7, 11) is 0. The van der Waals surface area contributed by atoms with E-state index in [2.05, 4.69) is 19.3 Å². The molecule has 0 spiro atoms. The van der Waals surface area contributed by atoms with Gasteiger partial charge < -0.3 is 4.74 Å². The SMILES string of the molecule is CC1CCC(OCC(=O)NN)CC1C. The van der Waals surface area contributed by atoms with Gasteiger partial charge in [-0.05, 0) is 31.1 Å². The Hall–Kier alpha value is -0.610. The van der Waals surface area contributed by atoms with Gasteiger partial charge in [0.05, 0.1) is 6.10 Å². The highest BCUT2D eigenvalue weighted by Gasteiger charge is 2.25. The lowest BCUT2D eigenvalue weighted by atomic mass is 9.80. The first-order valence-corrected chi connectivity index (χ1v) is 5.24. The molecule has 4 heteroatoms. The zero-order valence-electron chi connectivity index (χ0n) is 8.95. The van der Waals surface area contributed by atoms with Crippen LogP contribution in [0, 0.1) is 11.8 Å². The van der Waals surface area contributed by atoms with Gasteiger partial charge in [0.2, 0.25) is 0 Å². The van der Waals surface area contributed by atoms with Crippen LogP contribution >= 0.6 is 0 Å². The smallest absolute Gasteiger partial charge is 0.259 e. The van der Waals surface area contributed by atoms with Gasteiger partial charge in [-0.3, -0.25) is 10.2 Å². The maximum absolute atomic E-state index is 10.8. The normalized spacial score (nSPS) is 32.6. The maximum Gasteiger partial charge on any atom is 0.259 e. The second-order valence-electron chi connectivity index (χ2n) is 4.27. The van der Waals surface area contributed by atoms with Crippen LogP contribution in [-0.4, -0.2) is 18.6 Å². The molecule has 0 radical (unpaired) electrons. The number of hydrogen-bond donors (Lipinski definition) is 2. The average Bonchev–Trinajstić information content (AvgIpc) is 2.19. The van der Waals surface area contributed by atoms with Crippen LogP contribution in [0.3, 0.4) is 0 Å². The van der Waals surface area contributed by atoms with Crippen LogP contribution in [0.15, 0.2) is 0 Å². The Morgan fingerprint density at radius 1 is 1.43 bits per heavy atom. The van der Waals surface area contributed by atoms with Gasteiger partial charge in [0.1, 0.15) is 6.61 Å². The van der Waals surface area contributed by atoms with E-state index in [1.807, 2.05) is 0 Å². The van der Waals surface area contributed by atoms with Gasteiger partial charge in [-0.15, -0.1) is 0 Å². The Morgan fingerprint density at radius 2 is 2.14 bits per heavy atom. The number of ether oxygens (including phenoxy) is 1. The van der Waals surface area contributed by atoms with E-state index in [1.54, 1.807) is 0 Å². The number of nitrogens with two attached hydrogens (primary N) is 1. The van der Waals surface area contributed by atoms with E-state index in [1.165, 1.54) is 6.42 Å². The second-order valence-corrected chi connectivity index (χ2v) is 4.27. The molecule has 1 saturated carbocycles. The third kappa shape index (κ3) is 3.27. The summed E-state index contributed by atoms with van der Waals surface area (Å²) in [6, 6.07) is 0. The van der Waals surface area contributed by atoms with E-state index in [4.69, 9.17) is 10.6 Å². The van der Waals surface area contributed by atoms with Gasteiger partial charge in [-0.2, -0.15) is 0 Å². The Labute approximate surface area is 85.2 Å². The van der Waals surface area contributed by atoms with Crippen LogP contribution in [0.1, 0.15) is 33.1 Å². The monoisotopic (exact) mass is 200 g/mol. The molecule has 82 valence electrons. The van der Waals surface area contributed by atoms with E-state index in [0.29, 0.717) is 5.92 Å². The molecule has 0 aliphatic heterocycles. The average molecular weight is 200 g/mol. The van der Waals surface area contributed by atoms with Crippen LogP contribution in [0.2, 0.25) is 0 Å². The molecular formula is C10H20N2O2. The van der Waals surface area contributed by atoms with E-state index in [-0.39, 0.29) is 18.6 Å². The lowest BCUT2D eigenvalue weighted by molar-refractivity contribution is -0.129. The van der Waals surface area contributed by atoms with Crippen molar-refractivity contribution < 1.29 is 9.53 Å². The van der Waals surface area contributed by atoms with Crippen molar-refractivity contribution in [2.45, 2.75) is 39.2 Å². The zero-order chi connectivity index (χ0) is 10.6. The summed E-state index contributed by atoms with van der Waals surface area (Å²) < 4.78 is 5.46. The molecule has 4 nitrogen and oxygen atoms in total. The number of hydrazine groups is 1. The Bertz CT molecular complexity index is 197. The number of hydrogen-bond acceptors (Lipinski definition) is 3. The quantitative estimate of drug-likeness (QED) is 0.403. The molecule has 0 bridgehead atoms. The molecule has 1 amide bonds. The van der Waals surface area contributed by atoms with Crippen molar-refractivity contribution >= 4 is 5.91 Å². The molecule has 0 saturated heterocycles. The number of nitrogens with one attached hydrogen (secondary N) is 1. The van der Waals surface area contributed by atoms with Crippen molar-refractivity contribution in [1.29, 1.82) is 0 Å². The summed E-state index contributed by atoms with van der Waals surface area (Å²) in [6.45, 7) is 4.60. The molecule has 1 rings (SSSR count). The van der Waals surface area contributed by atoms with Gasteiger partial charge in [0, 0.05) is 0 Å². The van der Waals surface area contributed by atoms with Crippen molar-refractivity contribution in [2.75, 3.05) is 6.61 Å². The molecule has 3 atom stereocenters. The molecule has 0 aromatic carbocycles. The fourth-order valence-corrected chi connectivity index (χ4v) is 1.88. The van der Waals surface area contributed by atoms with Crippen LogP contribution in [0.25, 0.3) is 0 Å². The number of rotatable bonds is 3. The zero-order valence-corrected chi connectivity index (χ0v) is 8.95. The first kappa shape index (κ1) is 11.5. The van der Waals surface area contributed by atoms with E-state index < -0.39 is 0 Å². The molecule has 1 aliphatic carbocycles. The standard InChI is InChI=1S/C10H20N2O2/c1-7-3-4-9(5-8(7)2)14-6-10(13)12-11/h7-9H,3-6,11H2,1-2H3,(H,12,13). The van der Waals surface area contributed by atoms with Crippen molar-refractivity contribution in [1.82, 2.24) is 5.43 Å². The molecule has 1 fully saturated rings. The Morgan fingerprint density at radius 3 is 2.71 bits per heavy atom. The van der Waals surface area contributed by atoms with Crippen LogP contribution in [0.4, 0.5) is 0 Å². The van der Waals surface area contributed by atoms with Crippen LogP contribution in [-0.2, 0) is 9.53 Å². The second kappa shape index (κ2) is 5.32. The van der Waals surface area contributed by atoms with Crippen molar-refractivity contribution in [3.63, 3.8) is 0 Å². The van der Waals surface area contributed by atoms with Gasteiger partial charge >= 0.3 is 0 Å². The first-order chi connectivity index (χ1) is 6.63. The van der Waals surface area contributed by atoms with E-state index in [0.717, 1.165) is 18.8 Å². The van der Waals surface area contributed by atoms with Crippen molar-refractivity contribution in [3.8, 4) is 0 Å². The van der Waals surface area contributed by atoms with Crippen molar-refractivity contribution in [2.24, 2.45) is 17.7 Å². The molecule has 0 aromatic heterocycles. The van der Waals surface area contributed by atoms with E-state index in [9.17, 15) is 4.79 Å².